The molecule has 8 heteroatoms. The lowest BCUT2D eigenvalue weighted by Gasteiger charge is -2.16. The molecule has 0 aliphatic carbocycles. The number of hydrazone groups is 1. The summed E-state index contributed by atoms with van der Waals surface area (Å²) >= 11 is 0. The van der Waals surface area contributed by atoms with Crippen LogP contribution in [0.2, 0.25) is 0 Å². The highest BCUT2D eigenvalue weighted by molar-refractivity contribution is 7.89. The van der Waals surface area contributed by atoms with Gasteiger partial charge in [-0.1, -0.05) is 60.7 Å². The summed E-state index contributed by atoms with van der Waals surface area (Å²) in [6, 6.07) is 28.9. The van der Waals surface area contributed by atoms with Crippen LogP contribution in [0.4, 0.5) is 0 Å². The van der Waals surface area contributed by atoms with Crippen molar-refractivity contribution in [1.82, 2.24) is 9.73 Å². The number of nitrogens with zero attached hydrogens (tertiary/aromatic N) is 2. The number of likely N-dealkylation sites (N-methyl/N-ethyl adjacent to an activating group) is 1. The van der Waals surface area contributed by atoms with Crippen LogP contribution < -0.4 is 10.2 Å². The van der Waals surface area contributed by atoms with Crippen LogP contribution in [-0.2, 0) is 14.8 Å². The second kappa shape index (κ2) is 10.3. The van der Waals surface area contributed by atoms with Crippen LogP contribution in [0.3, 0.4) is 0 Å². The van der Waals surface area contributed by atoms with Gasteiger partial charge in [-0.05, 0) is 52.7 Å². The maximum Gasteiger partial charge on any atom is 0.255 e. The first-order valence-corrected chi connectivity index (χ1v) is 12.0. The standard InChI is InChI=1S/C26H23N3O4S/c1-29(34(31,32)25-15-14-21-9-5-6-10-22(21)17-25)19-26(30)28-27-18-20-8-7-13-24(16-20)33-23-11-3-2-4-12-23/h2-18H,19H2,1H3,(H,28,30)/b27-18-. The van der Waals surface area contributed by atoms with Crippen LogP contribution in [0.5, 0.6) is 11.5 Å². The van der Waals surface area contributed by atoms with E-state index in [0.717, 1.165) is 15.1 Å². The average Bonchev–Trinajstić information content (AvgIpc) is 2.84. The van der Waals surface area contributed by atoms with Gasteiger partial charge in [-0.25, -0.2) is 13.8 Å². The predicted octanol–water partition coefficient (Wildman–Crippen LogP) is 4.40. The molecule has 0 radical (unpaired) electrons. The zero-order valence-corrected chi connectivity index (χ0v) is 19.3. The van der Waals surface area contributed by atoms with Crippen molar-refractivity contribution in [3.05, 3.63) is 103 Å². The van der Waals surface area contributed by atoms with Crippen LogP contribution in [0.1, 0.15) is 5.56 Å². The molecule has 0 unspecified atom stereocenters. The van der Waals surface area contributed by atoms with E-state index in [1.165, 1.54) is 19.3 Å². The number of benzene rings is 4. The van der Waals surface area contributed by atoms with E-state index in [4.69, 9.17) is 4.74 Å². The topological polar surface area (TPSA) is 88.1 Å². The quantitative estimate of drug-likeness (QED) is 0.303. The number of amides is 1. The van der Waals surface area contributed by atoms with Gasteiger partial charge in [-0.2, -0.15) is 9.41 Å². The number of rotatable bonds is 8. The highest BCUT2D eigenvalue weighted by Gasteiger charge is 2.23. The molecule has 0 saturated carbocycles. The third kappa shape index (κ3) is 5.67. The molecule has 172 valence electrons. The minimum absolute atomic E-state index is 0.125. The average molecular weight is 474 g/mol. The summed E-state index contributed by atoms with van der Waals surface area (Å²) in [5, 5.41) is 5.69. The van der Waals surface area contributed by atoms with Gasteiger partial charge in [0.25, 0.3) is 5.91 Å². The van der Waals surface area contributed by atoms with Gasteiger partial charge < -0.3 is 4.74 Å². The number of carbonyl (C=O) groups excluding carboxylic acids is 1. The monoisotopic (exact) mass is 473 g/mol. The summed E-state index contributed by atoms with van der Waals surface area (Å²) in [6.45, 7) is -0.371. The molecule has 0 bridgehead atoms. The molecular formula is C26H23N3O4S. The van der Waals surface area contributed by atoms with Crippen molar-refractivity contribution in [3.8, 4) is 11.5 Å². The minimum Gasteiger partial charge on any atom is -0.457 e. The third-order valence-electron chi connectivity index (χ3n) is 5.04. The fourth-order valence-electron chi connectivity index (χ4n) is 3.29. The first kappa shape index (κ1) is 23.2. The molecule has 1 amide bonds. The molecule has 0 aliphatic rings. The zero-order valence-electron chi connectivity index (χ0n) is 18.5. The highest BCUT2D eigenvalue weighted by atomic mass is 32.2. The highest BCUT2D eigenvalue weighted by Crippen LogP contribution is 2.22. The van der Waals surface area contributed by atoms with Gasteiger partial charge in [-0.3, -0.25) is 4.79 Å². The Labute approximate surface area is 198 Å². The minimum atomic E-state index is -3.83. The van der Waals surface area contributed by atoms with Crippen LogP contribution in [0.25, 0.3) is 10.8 Å². The summed E-state index contributed by atoms with van der Waals surface area (Å²) in [5.74, 6) is 0.781. The molecule has 4 rings (SSSR count). The van der Waals surface area contributed by atoms with Gasteiger partial charge in [0.15, 0.2) is 0 Å². The Kier molecular flexibility index (Phi) is 7.01. The summed E-state index contributed by atoms with van der Waals surface area (Å²) < 4.78 is 32.6. The SMILES string of the molecule is CN(CC(=O)N/N=C\c1cccc(Oc2ccccc2)c1)S(=O)(=O)c1ccc2ccccc2c1. The number of para-hydroxylation sites is 1. The Morgan fingerprint density at radius 1 is 0.882 bits per heavy atom. The van der Waals surface area contributed by atoms with Gasteiger partial charge in [0.1, 0.15) is 11.5 Å². The third-order valence-corrected chi connectivity index (χ3v) is 6.83. The largest absolute Gasteiger partial charge is 0.457 e. The number of carbonyl (C=O) groups is 1. The smallest absolute Gasteiger partial charge is 0.255 e. The van der Waals surface area contributed by atoms with Crippen LogP contribution in [0, 0.1) is 0 Å². The number of hydrogen-bond acceptors (Lipinski definition) is 5. The normalized spacial score (nSPS) is 11.7. The van der Waals surface area contributed by atoms with Crippen molar-refractivity contribution in [2.45, 2.75) is 4.90 Å². The molecular weight excluding hydrogens is 450 g/mol. The Morgan fingerprint density at radius 2 is 1.59 bits per heavy atom. The summed E-state index contributed by atoms with van der Waals surface area (Å²) in [4.78, 5) is 12.4. The van der Waals surface area contributed by atoms with Crippen molar-refractivity contribution in [3.63, 3.8) is 0 Å². The molecule has 34 heavy (non-hydrogen) atoms. The van der Waals surface area contributed by atoms with Crippen molar-refractivity contribution in [2.24, 2.45) is 5.10 Å². The maximum atomic E-state index is 12.9. The first-order valence-electron chi connectivity index (χ1n) is 10.5. The van der Waals surface area contributed by atoms with Gasteiger partial charge in [0.05, 0.1) is 17.7 Å². The fraction of sp³-hybridized carbons (Fsp3) is 0.0769. The van der Waals surface area contributed by atoms with Gasteiger partial charge in [0, 0.05) is 7.05 Å². The van der Waals surface area contributed by atoms with Gasteiger partial charge in [0.2, 0.25) is 10.0 Å². The lowest BCUT2D eigenvalue weighted by Crippen LogP contribution is -2.36. The lowest BCUT2D eigenvalue weighted by molar-refractivity contribution is -0.121. The second-order valence-electron chi connectivity index (χ2n) is 7.55. The second-order valence-corrected chi connectivity index (χ2v) is 9.60. The van der Waals surface area contributed by atoms with E-state index >= 15 is 0 Å². The van der Waals surface area contributed by atoms with E-state index in [1.54, 1.807) is 18.2 Å². The van der Waals surface area contributed by atoms with Crippen LogP contribution in [-0.4, -0.2) is 38.4 Å². The molecule has 0 aliphatic heterocycles. The number of ether oxygens (including phenoxy) is 1. The number of sulfonamides is 1. The molecule has 0 heterocycles. The number of hydrogen-bond donors (Lipinski definition) is 1. The Hall–Kier alpha value is -4.01. The van der Waals surface area contributed by atoms with Gasteiger partial charge >= 0.3 is 0 Å². The van der Waals surface area contributed by atoms with Crippen LogP contribution >= 0.6 is 0 Å². The van der Waals surface area contributed by atoms with Crippen molar-refractivity contribution in [1.29, 1.82) is 0 Å². The molecule has 0 aromatic heterocycles. The summed E-state index contributed by atoms with van der Waals surface area (Å²) in [6.07, 6.45) is 1.47. The van der Waals surface area contributed by atoms with E-state index in [-0.39, 0.29) is 11.4 Å². The molecule has 0 spiro atoms. The molecule has 4 aromatic rings. The molecule has 4 aromatic carbocycles. The van der Waals surface area contributed by atoms with Crippen molar-refractivity contribution >= 4 is 32.9 Å². The Balaban J connectivity index is 1.36. The Morgan fingerprint density at radius 3 is 2.38 bits per heavy atom. The zero-order chi connectivity index (χ0) is 24.0. The summed E-state index contributed by atoms with van der Waals surface area (Å²) in [7, 11) is -2.47. The van der Waals surface area contributed by atoms with Gasteiger partial charge in [-0.15, -0.1) is 0 Å². The van der Waals surface area contributed by atoms with Crippen molar-refractivity contribution < 1.29 is 17.9 Å². The molecule has 0 fully saturated rings. The first-order chi connectivity index (χ1) is 16.4. The van der Waals surface area contributed by atoms with E-state index in [0.29, 0.717) is 17.1 Å². The molecule has 0 atom stereocenters. The maximum absolute atomic E-state index is 12.9. The number of fused-ring (bicyclic) bond motifs is 1. The molecule has 1 N–H and O–H groups in total. The predicted molar refractivity (Wildman–Crippen MR) is 132 cm³/mol. The van der Waals surface area contributed by atoms with E-state index in [2.05, 4.69) is 10.5 Å². The lowest BCUT2D eigenvalue weighted by atomic mass is 10.1. The van der Waals surface area contributed by atoms with Crippen LogP contribution in [0.15, 0.2) is 107 Å². The summed E-state index contributed by atoms with van der Waals surface area (Å²) in [5.41, 5.74) is 3.08. The van der Waals surface area contributed by atoms with E-state index in [9.17, 15) is 13.2 Å². The number of nitrogens with one attached hydrogen (secondary N) is 1. The fourth-order valence-corrected chi connectivity index (χ4v) is 4.46. The molecule has 0 saturated heterocycles. The molecule has 7 nitrogen and oxygen atoms in total. The van der Waals surface area contributed by atoms with Crippen molar-refractivity contribution in [2.75, 3.05) is 13.6 Å². The van der Waals surface area contributed by atoms with E-state index in [1.807, 2.05) is 72.8 Å². The Bertz CT molecular complexity index is 1440. The van der Waals surface area contributed by atoms with E-state index < -0.39 is 15.9 Å².